The molecule has 5 nitrogen and oxygen atoms in total. The molecule has 0 saturated heterocycles. The second-order valence-electron chi connectivity index (χ2n) is 5.43. The van der Waals surface area contributed by atoms with Crippen molar-refractivity contribution in [2.45, 2.75) is 12.1 Å². The largest absolute Gasteiger partial charge is 0.348 e. The number of hydrogen-bond donors (Lipinski definition) is 1. The minimum Gasteiger partial charge on any atom is -0.348 e. The zero-order valence-corrected chi connectivity index (χ0v) is 14.3. The predicted octanol–water partition coefficient (Wildman–Crippen LogP) is 3.06. The van der Waals surface area contributed by atoms with E-state index in [9.17, 15) is 9.59 Å². The summed E-state index contributed by atoms with van der Waals surface area (Å²) < 4.78 is 1.78. The van der Waals surface area contributed by atoms with E-state index < -0.39 is 0 Å². The molecular formula is C18H17N3O2S. The van der Waals surface area contributed by atoms with Gasteiger partial charge in [-0.1, -0.05) is 42.1 Å². The van der Waals surface area contributed by atoms with E-state index in [4.69, 9.17) is 0 Å². The van der Waals surface area contributed by atoms with Gasteiger partial charge in [0.1, 0.15) is 0 Å². The van der Waals surface area contributed by atoms with Gasteiger partial charge in [-0.25, -0.2) is 4.98 Å². The molecule has 0 radical (unpaired) electrons. The fraction of sp³-hybridized carbons (Fsp3) is 0.167. The molecule has 3 rings (SSSR count). The highest BCUT2D eigenvalue weighted by Crippen LogP contribution is 2.22. The molecule has 0 bridgehead atoms. The Morgan fingerprint density at radius 1 is 1.21 bits per heavy atom. The molecule has 1 aromatic carbocycles. The lowest BCUT2D eigenvalue weighted by Crippen LogP contribution is -2.15. The number of carbonyl (C=O) groups is 1. The molecule has 0 unspecified atom stereocenters. The van der Waals surface area contributed by atoms with Crippen LogP contribution in [0.15, 0.2) is 58.6 Å². The molecule has 24 heavy (non-hydrogen) atoms. The van der Waals surface area contributed by atoms with Crippen molar-refractivity contribution in [3.8, 4) is 11.3 Å². The maximum atomic E-state index is 12.2. The van der Waals surface area contributed by atoms with Crippen molar-refractivity contribution in [1.82, 2.24) is 14.5 Å². The molecule has 0 amide bonds. The number of carbonyl (C=O) groups excluding carboxylic acids is 1. The summed E-state index contributed by atoms with van der Waals surface area (Å²) in [5.41, 5.74) is 2.56. The van der Waals surface area contributed by atoms with Crippen LogP contribution in [0.4, 0.5) is 0 Å². The molecule has 0 atom stereocenters. The lowest BCUT2D eigenvalue weighted by Gasteiger charge is -2.07. The Kier molecular flexibility index (Phi) is 4.66. The number of benzene rings is 1. The average molecular weight is 339 g/mol. The molecule has 1 N–H and O–H groups in total. The van der Waals surface area contributed by atoms with E-state index in [0.717, 1.165) is 5.56 Å². The number of thioether (sulfide) groups is 1. The van der Waals surface area contributed by atoms with Crippen molar-refractivity contribution in [3.05, 3.63) is 70.3 Å². The first-order valence-corrected chi connectivity index (χ1v) is 8.48. The third-order valence-electron chi connectivity index (χ3n) is 3.75. The summed E-state index contributed by atoms with van der Waals surface area (Å²) in [6, 6.07) is 13.2. The van der Waals surface area contributed by atoms with Gasteiger partial charge < -0.3 is 9.55 Å². The van der Waals surface area contributed by atoms with Gasteiger partial charge in [-0.3, -0.25) is 9.59 Å². The first-order chi connectivity index (χ1) is 11.6. The first-order valence-electron chi connectivity index (χ1n) is 7.50. The number of ketones is 1. The number of nitrogens with zero attached hydrogens (tertiary/aromatic N) is 2. The highest BCUT2D eigenvalue weighted by molar-refractivity contribution is 7.99. The van der Waals surface area contributed by atoms with E-state index in [1.54, 1.807) is 17.6 Å². The summed E-state index contributed by atoms with van der Waals surface area (Å²) in [6.07, 6.45) is 1.83. The lowest BCUT2D eigenvalue weighted by molar-refractivity contribution is 0.101. The number of hydrogen-bond acceptors (Lipinski definition) is 4. The van der Waals surface area contributed by atoms with E-state index in [2.05, 4.69) is 9.97 Å². The highest BCUT2D eigenvalue weighted by atomic mass is 32.2. The Labute approximate surface area is 143 Å². The minimum atomic E-state index is -0.183. The number of aromatic nitrogens is 3. The molecule has 2 aromatic heterocycles. The Morgan fingerprint density at radius 2 is 1.96 bits per heavy atom. The maximum Gasteiger partial charge on any atom is 0.255 e. The van der Waals surface area contributed by atoms with Crippen LogP contribution in [0.2, 0.25) is 0 Å². The van der Waals surface area contributed by atoms with Crippen LogP contribution in [0.3, 0.4) is 0 Å². The zero-order chi connectivity index (χ0) is 17.1. The van der Waals surface area contributed by atoms with Crippen molar-refractivity contribution >= 4 is 17.5 Å². The number of Topliss-reactive ketones (excluding diaryl/α,β-unsaturated/α-hetero) is 1. The molecule has 0 saturated carbocycles. The monoisotopic (exact) mass is 339 g/mol. The van der Waals surface area contributed by atoms with E-state index in [1.165, 1.54) is 11.8 Å². The third-order valence-corrected chi connectivity index (χ3v) is 4.62. The van der Waals surface area contributed by atoms with Crippen LogP contribution in [0, 0.1) is 6.92 Å². The number of H-pyrrole nitrogens is 1. The van der Waals surface area contributed by atoms with Crippen LogP contribution in [0.5, 0.6) is 0 Å². The standard InChI is InChI=1S/C18H17N3O2S/c1-12-16(13-7-4-3-5-8-13)19-18(20-17(12)23)24-11-15(22)14-9-6-10-21(14)2/h3-10H,11H2,1-2H3,(H,19,20,23). The Bertz CT molecular complexity index is 929. The maximum absolute atomic E-state index is 12.2. The van der Waals surface area contributed by atoms with Gasteiger partial charge in [0.25, 0.3) is 5.56 Å². The normalized spacial score (nSPS) is 10.8. The summed E-state index contributed by atoms with van der Waals surface area (Å²) in [5, 5.41) is 0.451. The SMILES string of the molecule is Cc1c(-c2ccccc2)nc(SCC(=O)c2cccn2C)[nH]c1=O. The minimum absolute atomic E-state index is 0.00279. The lowest BCUT2D eigenvalue weighted by atomic mass is 10.1. The van der Waals surface area contributed by atoms with Crippen LogP contribution < -0.4 is 5.56 Å². The number of rotatable bonds is 5. The molecule has 0 aliphatic heterocycles. The van der Waals surface area contributed by atoms with E-state index >= 15 is 0 Å². The van der Waals surface area contributed by atoms with Gasteiger partial charge in [0.15, 0.2) is 10.9 Å². The second-order valence-corrected chi connectivity index (χ2v) is 6.39. The average Bonchev–Trinajstić information content (AvgIpc) is 3.02. The van der Waals surface area contributed by atoms with Crippen LogP contribution >= 0.6 is 11.8 Å². The van der Waals surface area contributed by atoms with E-state index in [0.29, 0.717) is 22.1 Å². The Balaban J connectivity index is 1.85. The number of aryl methyl sites for hydroxylation is 1. The number of nitrogens with one attached hydrogen (secondary N) is 1. The molecule has 0 fully saturated rings. The summed E-state index contributed by atoms with van der Waals surface area (Å²) in [6.45, 7) is 1.75. The summed E-state index contributed by atoms with van der Waals surface area (Å²) in [7, 11) is 1.83. The van der Waals surface area contributed by atoms with Crippen molar-refractivity contribution in [1.29, 1.82) is 0 Å². The molecule has 0 spiro atoms. The van der Waals surface area contributed by atoms with Gasteiger partial charge in [-0.2, -0.15) is 0 Å². The summed E-state index contributed by atoms with van der Waals surface area (Å²) in [4.78, 5) is 31.7. The van der Waals surface area contributed by atoms with Crippen LogP contribution in [-0.2, 0) is 7.05 Å². The molecule has 2 heterocycles. The fourth-order valence-corrected chi connectivity index (χ4v) is 3.15. The van der Waals surface area contributed by atoms with Crippen LogP contribution in [0.25, 0.3) is 11.3 Å². The topological polar surface area (TPSA) is 67.8 Å². The van der Waals surface area contributed by atoms with Gasteiger partial charge >= 0.3 is 0 Å². The van der Waals surface area contributed by atoms with Crippen molar-refractivity contribution in [2.75, 3.05) is 5.75 Å². The first kappa shape index (κ1) is 16.3. The molecule has 3 aromatic rings. The van der Waals surface area contributed by atoms with Gasteiger partial charge in [0.2, 0.25) is 0 Å². The Morgan fingerprint density at radius 3 is 2.62 bits per heavy atom. The Hall–Kier alpha value is -2.60. The highest BCUT2D eigenvalue weighted by Gasteiger charge is 2.13. The molecule has 0 aliphatic rings. The van der Waals surface area contributed by atoms with E-state index in [1.807, 2.05) is 49.6 Å². The van der Waals surface area contributed by atoms with Crippen LogP contribution in [-0.4, -0.2) is 26.1 Å². The van der Waals surface area contributed by atoms with Crippen molar-refractivity contribution < 1.29 is 4.79 Å². The van der Waals surface area contributed by atoms with Crippen molar-refractivity contribution in [3.63, 3.8) is 0 Å². The van der Waals surface area contributed by atoms with E-state index in [-0.39, 0.29) is 17.1 Å². The molecule has 122 valence electrons. The molecular weight excluding hydrogens is 322 g/mol. The van der Waals surface area contributed by atoms with Gasteiger partial charge in [-0.15, -0.1) is 0 Å². The van der Waals surface area contributed by atoms with Crippen molar-refractivity contribution in [2.24, 2.45) is 7.05 Å². The summed E-state index contributed by atoms with van der Waals surface area (Å²) >= 11 is 1.24. The van der Waals surface area contributed by atoms with Gasteiger partial charge in [0, 0.05) is 24.4 Å². The second kappa shape index (κ2) is 6.88. The van der Waals surface area contributed by atoms with Gasteiger partial charge in [-0.05, 0) is 19.1 Å². The zero-order valence-electron chi connectivity index (χ0n) is 13.4. The molecule has 0 aliphatic carbocycles. The van der Waals surface area contributed by atoms with Gasteiger partial charge in [0.05, 0.1) is 17.1 Å². The van der Waals surface area contributed by atoms with Crippen LogP contribution in [0.1, 0.15) is 16.1 Å². The quantitative estimate of drug-likeness (QED) is 0.441. The number of aromatic amines is 1. The fourth-order valence-electron chi connectivity index (χ4n) is 2.42. The smallest absolute Gasteiger partial charge is 0.255 e. The predicted molar refractivity (Wildman–Crippen MR) is 95.5 cm³/mol. The summed E-state index contributed by atoms with van der Waals surface area (Å²) in [5.74, 6) is 0.218. The third kappa shape index (κ3) is 3.33. The molecule has 6 heteroatoms.